The lowest BCUT2D eigenvalue weighted by atomic mass is 10.4. The zero-order chi connectivity index (χ0) is 6.41. The largest absolute Gasteiger partial charge is 0.316 e. The van der Waals surface area contributed by atoms with Gasteiger partial charge < -0.3 is 5.32 Å². The topological polar surface area (TPSA) is 12.0 Å². The van der Waals surface area contributed by atoms with Crippen molar-refractivity contribution in [1.82, 2.24) is 5.32 Å². The molecule has 1 atom stereocenters. The summed E-state index contributed by atoms with van der Waals surface area (Å²) in [4.78, 5) is 0. The maximum absolute atomic E-state index is 3.18. The van der Waals surface area contributed by atoms with Crippen molar-refractivity contribution in [2.24, 2.45) is 0 Å². The molecule has 0 aliphatic rings. The molecule has 0 aromatic carbocycles. The summed E-state index contributed by atoms with van der Waals surface area (Å²) in [7, 11) is 2.00. The molecule has 50 valence electrons. The van der Waals surface area contributed by atoms with Crippen LogP contribution in [0.4, 0.5) is 0 Å². The summed E-state index contributed by atoms with van der Waals surface area (Å²) in [6.07, 6.45) is 0. The van der Waals surface area contributed by atoms with Crippen molar-refractivity contribution in [3.8, 4) is 0 Å². The minimum Gasteiger partial charge on any atom is -0.316 e. The van der Waals surface area contributed by atoms with Gasteiger partial charge in [-0.25, -0.2) is 0 Å². The first-order valence-electron chi connectivity index (χ1n) is 3.06. The molecule has 0 spiro atoms. The highest BCUT2D eigenvalue weighted by Gasteiger charge is 1.93. The van der Waals surface area contributed by atoms with Gasteiger partial charge in [-0.15, -0.1) is 0 Å². The molecule has 0 aliphatic carbocycles. The highest BCUT2D eigenvalue weighted by Crippen LogP contribution is 1.99. The third-order valence-corrected chi connectivity index (χ3v) is 2.21. The van der Waals surface area contributed by atoms with Gasteiger partial charge in [-0.2, -0.15) is 11.8 Å². The van der Waals surface area contributed by atoms with Gasteiger partial charge in [-0.05, 0) is 19.7 Å². The second-order valence-electron chi connectivity index (χ2n) is 1.85. The number of hydrogen-bond acceptors (Lipinski definition) is 2. The first-order chi connectivity index (χ1) is 3.81. The molecular weight excluding hydrogens is 118 g/mol. The van der Waals surface area contributed by atoms with Gasteiger partial charge in [0.1, 0.15) is 0 Å². The number of rotatable bonds is 4. The molecule has 0 rings (SSSR count). The Balaban J connectivity index is 2.86. The van der Waals surface area contributed by atoms with Crippen molar-refractivity contribution in [2.45, 2.75) is 19.9 Å². The predicted molar refractivity (Wildman–Crippen MR) is 41.5 cm³/mol. The highest BCUT2D eigenvalue weighted by molar-refractivity contribution is 7.99. The lowest BCUT2D eigenvalue weighted by molar-refractivity contribution is 0.677. The minimum absolute atomic E-state index is 0.667. The maximum atomic E-state index is 3.18. The van der Waals surface area contributed by atoms with Gasteiger partial charge in [0.05, 0.1) is 0 Å². The van der Waals surface area contributed by atoms with Crippen LogP contribution in [-0.4, -0.2) is 24.6 Å². The van der Waals surface area contributed by atoms with Crippen LogP contribution < -0.4 is 5.32 Å². The Hall–Kier alpha value is 0.310. The van der Waals surface area contributed by atoms with Crippen LogP contribution >= 0.6 is 11.8 Å². The summed E-state index contributed by atoms with van der Waals surface area (Å²) in [5, 5.41) is 3.18. The summed E-state index contributed by atoms with van der Waals surface area (Å²) in [6, 6.07) is 0.667. The van der Waals surface area contributed by atoms with E-state index < -0.39 is 0 Å². The third-order valence-electron chi connectivity index (χ3n) is 1.06. The summed E-state index contributed by atoms with van der Waals surface area (Å²) in [5.41, 5.74) is 0. The molecule has 0 heterocycles. The van der Waals surface area contributed by atoms with Crippen LogP contribution in [0.15, 0.2) is 0 Å². The van der Waals surface area contributed by atoms with E-state index in [1.165, 1.54) is 11.5 Å². The number of thioether (sulfide) groups is 1. The van der Waals surface area contributed by atoms with Crippen LogP contribution in [-0.2, 0) is 0 Å². The molecule has 0 saturated heterocycles. The molecule has 0 aliphatic heterocycles. The Kier molecular flexibility index (Phi) is 5.66. The molecule has 1 N–H and O–H groups in total. The molecule has 0 bridgehead atoms. The summed E-state index contributed by atoms with van der Waals surface area (Å²) >= 11 is 1.98. The van der Waals surface area contributed by atoms with Crippen LogP contribution in [0.3, 0.4) is 0 Å². The van der Waals surface area contributed by atoms with Crippen molar-refractivity contribution in [3.63, 3.8) is 0 Å². The molecule has 0 aromatic rings. The standard InChI is InChI=1S/C6H15NS/c1-4-8-5-6(2)7-3/h6-7H,4-5H2,1-3H3/t6-/m1/s1. The van der Waals surface area contributed by atoms with Crippen molar-refractivity contribution in [3.05, 3.63) is 0 Å². The van der Waals surface area contributed by atoms with Crippen LogP contribution in [0.2, 0.25) is 0 Å². The molecule has 0 radical (unpaired) electrons. The van der Waals surface area contributed by atoms with Crippen LogP contribution in [0.5, 0.6) is 0 Å². The molecular formula is C6H15NS. The summed E-state index contributed by atoms with van der Waals surface area (Å²) < 4.78 is 0. The summed E-state index contributed by atoms with van der Waals surface area (Å²) in [5.74, 6) is 2.46. The van der Waals surface area contributed by atoms with Gasteiger partial charge in [0, 0.05) is 11.8 Å². The van der Waals surface area contributed by atoms with E-state index in [1.54, 1.807) is 0 Å². The van der Waals surface area contributed by atoms with Crippen LogP contribution in [0.25, 0.3) is 0 Å². The zero-order valence-electron chi connectivity index (χ0n) is 5.90. The molecule has 0 saturated carbocycles. The van der Waals surface area contributed by atoms with Gasteiger partial charge in [-0.3, -0.25) is 0 Å². The SMILES string of the molecule is CCSC[C@@H](C)NC. The second kappa shape index (κ2) is 5.45. The first-order valence-corrected chi connectivity index (χ1v) is 4.21. The molecule has 8 heavy (non-hydrogen) atoms. The van der Waals surface area contributed by atoms with Crippen LogP contribution in [0, 0.1) is 0 Å². The van der Waals surface area contributed by atoms with Gasteiger partial charge in [-0.1, -0.05) is 6.92 Å². The van der Waals surface area contributed by atoms with E-state index in [9.17, 15) is 0 Å². The first kappa shape index (κ1) is 8.31. The molecule has 1 nitrogen and oxygen atoms in total. The van der Waals surface area contributed by atoms with Crippen molar-refractivity contribution < 1.29 is 0 Å². The Morgan fingerprint density at radius 1 is 1.62 bits per heavy atom. The predicted octanol–water partition coefficient (Wildman–Crippen LogP) is 1.35. The average Bonchev–Trinajstić information content (AvgIpc) is 1.83. The smallest absolute Gasteiger partial charge is 0.0126 e. The molecule has 0 fully saturated rings. The molecule has 0 aromatic heterocycles. The van der Waals surface area contributed by atoms with E-state index in [2.05, 4.69) is 19.2 Å². The van der Waals surface area contributed by atoms with Crippen LogP contribution in [0.1, 0.15) is 13.8 Å². The Bertz CT molecular complexity index is 47.8. The van der Waals surface area contributed by atoms with E-state index >= 15 is 0 Å². The normalized spacial score (nSPS) is 13.9. The molecule has 2 heteroatoms. The molecule has 0 amide bonds. The molecule has 0 unspecified atom stereocenters. The fourth-order valence-electron chi connectivity index (χ4n) is 0.378. The van der Waals surface area contributed by atoms with Gasteiger partial charge in [0.25, 0.3) is 0 Å². The highest BCUT2D eigenvalue weighted by atomic mass is 32.2. The van der Waals surface area contributed by atoms with E-state index in [0.29, 0.717) is 6.04 Å². The quantitative estimate of drug-likeness (QED) is 0.621. The Morgan fingerprint density at radius 2 is 2.25 bits per heavy atom. The number of hydrogen-bond donors (Lipinski definition) is 1. The Labute approximate surface area is 56.2 Å². The maximum Gasteiger partial charge on any atom is 0.0126 e. The van der Waals surface area contributed by atoms with Gasteiger partial charge in [0.2, 0.25) is 0 Å². The lowest BCUT2D eigenvalue weighted by Crippen LogP contribution is -2.23. The van der Waals surface area contributed by atoms with E-state index in [0.717, 1.165) is 0 Å². The van der Waals surface area contributed by atoms with Gasteiger partial charge >= 0.3 is 0 Å². The second-order valence-corrected chi connectivity index (χ2v) is 3.17. The Morgan fingerprint density at radius 3 is 2.62 bits per heavy atom. The van der Waals surface area contributed by atoms with Gasteiger partial charge in [0.15, 0.2) is 0 Å². The zero-order valence-corrected chi connectivity index (χ0v) is 6.72. The fraction of sp³-hybridized carbons (Fsp3) is 1.00. The van der Waals surface area contributed by atoms with E-state index in [4.69, 9.17) is 0 Å². The third kappa shape index (κ3) is 4.47. The minimum atomic E-state index is 0.667. The lowest BCUT2D eigenvalue weighted by Gasteiger charge is -2.06. The van der Waals surface area contributed by atoms with Crippen molar-refractivity contribution in [1.29, 1.82) is 0 Å². The number of nitrogens with one attached hydrogen (secondary N) is 1. The van der Waals surface area contributed by atoms with Crippen molar-refractivity contribution in [2.75, 3.05) is 18.6 Å². The van der Waals surface area contributed by atoms with Crippen molar-refractivity contribution >= 4 is 11.8 Å². The monoisotopic (exact) mass is 133 g/mol. The summed E-state index contributed by atoms with van der Waals surface area (Å²) in [6.45, 7) is 4.38. The van der Waals surface area contributed by atoms with E-state index in [-0.39, 0.29) is 0 Å². The fourth-order valence-corrected chi connectivity index (χ4v) is 1.13. The average molecular weight is 133 g/mol. The van der Waals surface area contributed by atoms with E-state index in [1.807, 2.05) is 18.8 Å².